The molecule has 48 heavy (non-hydrogen) atoms. The van der Waals surface area contributed by atoms with Crippen molar-refractivity contribution >= 4 is 62.0 Å². The Bertz CT molecular complexity index is 2150. The van der Waals surface area contributed by atoms with Crippen LogP contribution in [0.3, 0.4) is 0 Å². The molecule has 1 aliphatic rings. The Balaban J connectivity index is 1.22. The molecule has 1 aliphatic heterocycles. The first-order valence-electron chi connectivity index (χ1n) is 15.4. The van der Waals surface area contributed by atoms with Gasteiger partial charge in [0.2, 0.25) is 10.9 Å². The molecule has 0 unspecified atom stereocenters. The SMILES string of the molecule is CCCOc1ccc([C@H]2C(C(=O)c3sc(-c4ccccc4)nc3C)=C(O)C(=O)N2c2nnc(SCc3cccc4ccccc34)s2)cc1. The van der Waals surface area contributed by atoms with Crippen molar-refractivity contribution in [1.29, 1.82) is 0 Å². The standard InChI is InChI=1S/C37H30N4O4S3/c1-3-20-45-27-18-16-24(17-19-27)30-29(31(42)33-22(2)38-34(47-33)25-11-5-4-6-12-25)32(43)35(44)41(30)36-39-40-37(48-36)46-21-26-14-9-13-23-10-7-8-15-28(23)26/h4-19,30,43H,3,20-21H2,1-2H3/t30-/m0/s1. The Kier molecular flexibility index (Phi) is 9.07. The fraction of sp³-hybridized carbons (Fsp3) is 0.162. The number of aliphatic hydroxyl groups is 1. The van der Waals surface area contributed by atoms with Crippen molar-refractivity contribution in [3.8, 4) is 16.3 Å². The zero-order valence-corrected chi connectivity index (χ0v) is 28.6. The fourth-order valence-electron chi connectivity index (χ4n) is 5.67. The number of thiazole rings is 1. The minimum atomic E-state index is -0.934. The van der Waals surface area contributed by atoms with Crippen molar-refractivity contribution in [3.05, 3.63) is 130 Å². The van der Waals surface area contributed by atoms with Gasteiger partial charge in [0, 0.05) is 11.3 Å². The summed E-state index contributed by atoms with van der Waals surface area (Å²) in [6.45, 7) is 4.36. The lowest BCUT2D eigenvalue weighted by molar-refractivity contribution is -0.117. The number of Topliss-reactive ketones (excluding diaryl/α,β-unsaturated/α-hetero) is 1. The maximum absolute atomic E-state index is 14.3. The van der Waals surface area contributed by atoms with Crippen LogP contribution in [0.4, 0.5) is 5.13 Å². The van der Waals surface area contributed by atoms with Crippen LogP contribution >= 0.6 is 34.4 Å². The van der Waals surface area contributed by atoms with E-state index in [2.05, 4.69) is 39.4 Å². The number of ether oxygens (including phenoxy) is 1. The molecule has 0 aliphatic carbocycles. The Labute approximate surface area is 289 Å². The minimum absolute atomic E-state index is 0.0197. The molecule has 7 rings (SSSR count). The minimum Gasteiger partial charge on any atom is -0.503 e. The lowest BCUT2D eigenvalue weighted by Crippen LogP contribution is -2.31. The third-order valence-electron chi connectivity index (χ3n) is 7.98. The van der Waals surface area contributed by atoms with E-state index < -0.39 is 23.5 Å². The number of nitrogens with zero attached hydrogens (tertiary/aromatic N) is 4. The quantitative estimate of drug-likeness (QED) is 0.0816. The monoisotopic (exact) mass is 690 g/mol. The number of ketones is 1. The van der Waals surface area contributed by atoms with Crippen LogP contribution in [0.5, 0.6) is 5.75 Å². The molecule has 6 aromatic rings. The van der Waals surface area contributed by atoms with Crippen LogP contribution in [0.15, 0.2) is 113 Å². The molecule has 11 heteroatoms. The molecule has 8 nitrogen and oxygen atoms in total. The highest BCUT2D eigenvalue weighted by Gasteiger charge is 2.46. The van der Waals surface area contributed by atoms with Gasteiger partial charge in [-0.3, -0.25) is 14.5 Å². The van der Waals surface area contributed by atoms with Gasteiger partial charge in [-0.1, -0.05) is 115 Å². The van der Waals surface area contributed by atoms with Crippen LogP contribution in [-0.2, 0) is 10.5 Å². The van der Waals surface area contributed by atoms with E-state index in [4.69, 9.17) is 4.74 Å². The van der Waals surface area contributed by atoms with Gasteiger partial charge in [0.1, 0.15) is 10.8 Å². The number of hydrogen-bond acceptors (Lipinski definition) is 10. The van der Waals surface area contributed by atoms with Crippen molar-refractivity contribution in [2.45, 2.75) is 36.4 Å². The van der Waals surface area contributed by atoms with Crippen LogP contribution in [0.2, 0.25) is 0 Å². The van der Waals surface area contributed by atoms with Crippen LogP contribution in [-0.4, -0.2) is 38.6 Å². The topological polar surface area (TPSA) is 106 Å². The summed E-state index contributed by atoms with van der Waals surface area (Å²) in [7, 11) is 0. The summed E-state index contributed by atoms with van der Waals surface area (Å²) in [6.07, 6.45) is 0.860. The highest BCUT2D eigenvalue weighted by atomic mass is 32.2. The summed E-state index contributed by atoms with van der Waals surface area (Å²) < 4.78 is 6.45. The molecule has 0 spiro atoms. The number of hydrogen-bond donors (Lipinski definition) is 1. The summed E-state index contributed by atoms with van der Waals surface area (Å²) >= 11 is 4.02. The van der Waals surface area contributed by atoms with E-state index in [1.54, 1.807) is 6.92 Å². The Morgan fingerprint density at radius 1 is 0.938 bits per heavy atom. The highest BCUT2D eigenvalue weighted by Crippen LogP contribution is 2.45. The summed E-state index contributed by atoms with van der Waals surface area (Å²) in [4.78, 5) is 34.6. The van der Waals surface area contributed by atoms with Crippen molar-refractivity contribution < 1.29 is 19.4 Å². The molecule has 1 atom stereocenters. The van der Waals surface area contributed by atoms with Crippen LogP contribution in [0, 0.1) is 6.92 Å². The smallest absolute Gasteiger partial charge is 0.296 e. The van der Waals surface area contributed by atoms with Gasteiger partial charge < -0.3 is 9.84 Å². The predicted molar refractivity (Wildman–Crippen MR) is 192 cm³/mol. The van der Waals surface area contributed by atoms with E-state index in [9.17, 15) is 14.7 Å². The van der Waals surface area contributed by atoms with Gasteiger partial charge in [0.15, 0.2) is 10.1 Å². The van der Waals surface area contributed by atoms with Crippen molar-refractivity contribution in [3.63, 3.8) is 0 Å². The molecule has 0 saturated heterocycles. The van der Waals surface area contributed by atoms with Crippen LogP contribution in [0.1, 0.15) is 45.9 Å². The first-order chi connectivity index (χ1) is 23.4. The lowest BCUT2D eigenvalue weighted by atomic mass is 9.95. The summed E-state index contributed by atoms with van der Waals surface area (Å²) in [5, 5.41) is 23.5. The second-order valence-electron chi connectivity index (χ2n) is 11.2. The molecule has 1 amide bonds. The molecule has 0 bridgehead atoms. The summed E-state index contributed by atoms with van der Waals surface area (Å²) in [5.74, 6) is -0.431. The molecule has 0 radical (unpaired) electrons. The van der Waals surface area contributed by atoms with E-state index >= 15 is 0 Å². The second-order valence-corrected chi connectivity index (χ2v) is 14.3. The van der Waals surface area contributed by atoms with Gasteiger partial charge in [0.25, 0.3) is 5.91 Å². The van der Waals surface area contributed by atoms with Crippen molar-refractivity contribution in [2.24, 2.45) is 0 Å². The zero-order valence-electron chi connectivity index (χ0n) is 26.1. The third-order valence-corrected chi connectivity index (χ3v) is 11.3. The predicted octanol–water partition coefficient (Wildman–Crippen LogP) is 8.99. The Morgan fingerprint density at radius 3 is 2.48 bits per heavy atom. The maximum atomic E-state index is 14.3. The number of carbonyl (C=O) groups excluding carboxylic acids is 2. The molecular formula is C37H30N4O4S3. The lowest BCUT2D eigenvalue weighted by Gasteiger charge is -2.24. The van der Waals surface area contributed by atoms with E-state index in [1.165, 1.54) is 44.7 Å². The first-order valence-corrected chi connectivity index (χ1v) is 18.0. The van der Waals surface area contributed by atoms with Gasteiger partial charge in [0.05, 0.1) is 28.8 Å². The second kappa shape index (κ2) is 13.7. The largest absolute Gasteiger partial charge is 0.503 e. The van der Waals surface area contributed by atoms with Crippen LogP contribution in [0.25, 0.3) is 21.3 Å². The number of fused-ring (bicyclic) bond motifs is 1. The zero-order chi connectivity index (χ0) is 33.2. The third kappa shape index (κ3) is 6.12. The van der Waals surface area contributed by atoms with E-state index in [0.717, 1.165) is 22.9 Å². The summed E-state index contributed by atoms with van der Waals surface area (Å²) in [6, 6.07) is 30.4. The van der Waals surface area contributed by atoms with Crippen molar-refractivity contribution in [1.82, 2.24) is 15.2 Å². The van der Waals surface area contributed by atoms with Gasteiger partial charge in [-0.05, 0) is 47.4 Å². The number of thioether (sulfide) groups is 1. The molecule has 0 fully saturated rings. The average Bonchev–Trinajstić information content (AvgIpc) is 3.82. The Morgan fingerprint density at radius 2 is 1.69 bits per heavy atom. The maximum Gasteiger partial charge on any atom is 0.296 e. The van der Waals surface area contributed by atoms with E-state index in [0.29, 0.717) is 43.6 Å². The number of carbonyl (C=O) groups is 2. The number of aromatic nitrogens is 3. The molecule has 0 saturated carbocycles. The number of rotatable bonds is 11. The number of aryl methyl sites for hydroxylation is 1. The number of anilines is 1. The van der Waals surface area contributed by atoms with Gasteiger partial charge in [-0.2, -0.15) is 0 Å². The number of aliphatic hydroxyl groups excluding tert-OH is 1. The van der Waals surface area contributed by atoms with E-state index in [-0.39, 0.29) is 10.7 Å². The Hall–Kier alpha value is -4.84. The molecule has 240 valence electrons. The molecule has 1 N–H and O–H groups in total. The van der Waals surface area contributed by atoms with Gasteiger partial charge in [-0.15, -0.1) is 21.5 Å². The number of benzene rings is 4. The number of amides is 1. The fourth-order valence-corrected chi connectivity index (χ4v) is 8.56. The summed E-state index contributed by atoms with van der Waals surface area (Å²) in [5.41, 5.74) is 3.19. The highest BCUT2D eigenvalue weighted by molar-refractivity contribution is 8.00. The normalized spacial score (nSPS) is 14.7. The van der Waals surface area contributed by atoms with E-state index in [1.807, 2.05) is 79.7 Å². The molecule has 4 aromatic carbocycles. The van der Waals surface area contributed by atoms with Crippen LogP contribution < -0.4 is 9.64 Å². The van der Waals surface area contributed by atoms with Gasteiger partial charge in [-0.25, -0.2) is 4.98 Å². The van der Waals surface area contributed by atoms with Crippen molar-refractivity contribution in [2.75, 3.05) is 11.5 Å². The average molecular weight is 691 g/mol. The van der Waals surface area contributed by atoms with Gasteiger partial charge >= 0.3 is 0 Å². The molecular weight excluding hydrogens is 661 g/mol. The molecule has 2 aromatic heterocycles. The molecule has 3 heterocycles. The first kappa shape index (κ1) is 31.7.